The molecule has 8 heteroatoms. The van der Waals surface area contributed by atoms with E-state index < -0.39 is 0 Å². The lowest BCUT2D eigenvalue weighted by molar-refractivity contribution is 0.184. The number of guanidine groups is 1. The first-order valence-electron chi connectivity index (χ1n) is 8.85. The molecule has 1 aliphatic rings. The number of hydrogen-bond acceptors (Lipinski definition) is 5. The average Bonchev–Trinajstić information content (AvgIpc) is 2.71. The number of piperazine rings is 1. The number of ether oxygens (including phenoxy) is 1. The van der Waals surface area contributed by atoms with E-state index >= 15 is 0 Å². The summed E-state index contributed by atoms with van der Waals surface area (Å²) in [5, 5.41) is 3.48. The highest BCUT2D eigenvalue weighted by Crippen LogP contribution is 2.12. The SMILES string of the molecule is CN=C(NCc1ccccc1COC)N1CCN(c2ncccn2)CC1.I. The van der Waals surface area contributed by atoms with Crippen molar-refractivity contribution in [2.24, 2.45) is 4.99 Å². The second kappa shape index (κ2) is 11.0. The Labute approximate surface area is 177 Å². The predicted octanol–water partition coefficient (Wildman–Crippen LogP) is 2.14. The molecular weight excluding hydrogens is 455 g/mol. The van der Waals surface area contributed by atoms with E-state index in [2.05, 4.69) is 48.3 Å². The highest BCUT2D eigenvalue weighted by molar-refractivity contribution is 14.0. The Morgan fingerprint density at radius 2 is 1.74 bits per heavy atom. The van der Waals surface area contributed by atoms with Crippen LogP contribution in [0.3, 0.4) is 0 Å². The predicted molar refractivity (Wildman–Crippen MR) is 119 cm³/mol. The molecule has 1 N–H and O–H groups in total. The van der Waals surface area contributed by atoms with Crippen LogP contribution in [-0.2, 0) is 17.9 Å². The molecule has 7 nitrogen and oxygen atoms in total. The molecule has 0 aliphatic carbocycles. The lowest BCUT2D eigenvalue weighted by Gasteiger charge is -2.36. The molecule has 0 saturated carbocycles. The van der Waals surface area contributed by atoms with Crippen molar-refractivity contribution in [2.45, 2.75) is 13.2 Å². The number of nitrogens with one attached hydrogen (secondary N) is 1. The van der Waals surface area contributed by atoms with Gasteiger partial charge in [0.05, 0.1) is 6.61 Å². The Hall–Kier alpha value is -1.94. The van der Waals surface area contributed by atoms with Crippen molar-refractivity contribution in [2.75, 3.05) is 45.2 Å². The van der Waals surface area contributed by atoms with Crippen LogP contribution in [0.15, 0.2) is 47.7 Å². The fourth-order valence-corrected chi connectivity index (χ4v) is 3.11. The van der Waals surface area contributed by atoms with Gasteiger partial charge in [0.1, 0.15) is 0 Å². The first-order chi connectivity index (χ1) is 12.8. The number of halogens is 1. The average molecular weight is 482 g/mol. The van der Waals surface area contributed by atoms with Crippen LogP contribution in [0.4, 0.5) is 5.95 Å². The number of aromatic nitrogens is 2. The van der Waals surface area contributed by atoms with E-state index in [-0.39, 0.29) is 24.0 Å². The van der Waals surface area contributed by atoms with E-state index in [9.17, 15) is 0 Å². The van der Waals surface area contributed by atoms with Gasteiger partial charge in [-0.1, -0.05) is 24.3 Å². The van der Waals surface area contributed by atoms with Crippen molar-refractivity contribution < 1.29 is 4.74 Å². The number of benzene rings is 1. The van der Waals surface area contributed by atoms with Gasteiger partial charge in [0, 0.05) is 59.3 Å². The molecule has 1 aromatic heterocycles. The molecule has 0 unspecified atom stereocenters. The van der Waals surface area contributed by atoms with Crippen molar-refractivity contribution in [3.63, 3.8) is 0 Å². The van der Waals surface area contributed by atoms with Gasteiger partial charge < -0.3 is 19.9 Å². The van der Waals surface area contributed by atoms with Gasteiger partial charge >= 0.3 is 0 Å². The standard InChI is InChI=1S/C19H26N6O.HI/c1-20-18(23-14-16-6-3-4-7-17(16)15-26-2)24-10-12-25(13-11-24)19-21-8-5-9-22-19;/h3-9H,10-15H2,1-2H3,(H,20,23);1H. The van der Waals surface area contributed by atoms with Gasteiger partial charge in [-0.15, -0.1) is 24.0 Å². The second-order valence-electron chi connectivity index (χ2n) is 6.13. The van der Waals surface area contributed by atoms with E-state index in [1.54, 1.807) is 19.5 Å². The van der Waals surface area contributed by atoms with E-state index in [1.165, 1.54) is 11.1 Å². The summed E-state index contributed by atoms with van der Waals surface area (Å²) in [5.74, 6) is 1.72. The summed E-state index contributed by atoms with van der Waals surface area (Å²) in [6.07, 6.45) is 3.57. The molecule has 2 aromatic rings. The van der Waals surface area contributed by atoms with E-state index in [0.717, 1.165) is 44.6 Å². The van der Waals surface area contributed by atoms with Gasteiger partial charge in [-0.3, -0.25) is 4.99 Å². The van der Waals surface area contributed by atoms with Crippen LogP contribution in [0.25, 0.3) is 0 Å². The Bertz CT molecular complexity index is 719. The van der Waals surface area contributed by atoms with Gasteiger partial charge in [0.15, 0.2) is 5.96 Å². The van der Waals surface area contributed by atoms with Gasteiger partial charge in [0.25, 0.3) is 0 Å². The van der Waals surface area contributed by atoms with Crippen molar-refractivity contribution in [3.05, 3.63) is 53.9 Å². The summed E-state index contributed by atoms with van der Waals surface area (Å²) in [5.41, 5.74) is 2.43. The molecule has 2 heterocycles. The molecule has 27 heavy (non-hydrogen) atoms. The highest BCUT2D eigenvalue weighted by atomic mass is 127. The Balaban J connectivity index is 0.00000261. The highest BCUT2D eigenvalue weighted by Gasteiger charge is 2.21. The minimum atomic E-state index is 0. The topological polar surface area (TPSA) is 65.9 Å². The maximum Gasteiger partial charge on any atom is 0.225 e. The number of nitrogens with zero attached hydrogens (tertiary/aromatic N) is 5. The molecule has 0 spiro atoms. The van der Waals surface area contributed by atoms with Gasteiger partial charge in [-0.25, -0.2) is 9.97 Å². The van der Waals surface area contributed by atoms with Crippen LogP contribution >= 0.6 is 24.0 Å². The summed E-state index contributed by atoms with van der Waals surface area (Å²) in [6.45, 7) is 4.88. The summed E-state index contributed by atoms with van der Waals surface area (Å²) < 4.78 is 5.29. The Morgan fingerprint density at radius 3 is 2.37 bits per heavy atom. The van der Waals surface area contributed by atoms with E-state index in [4.69, 9.17) is 4.74 Å². The van der Waals surface area contributed by atoms with Crippen molar-refractivity contribution in [3.8, 4) is 0 Å². The summed E-state index contributed by atoms with van der Waals surface area (Å²) in [7, 11) is 3.55. The molecule has 1 aliphatic heterocycles. The number of aliphatic imine (C=N–C) groups is 1. The Morgan fingerprint density at radius 1 is 1.07 bits per heavy atom. The molecule has 1 fully saturated rings. The maximum atomic E-state index is 5.29. The first kappa shape index (κ1) is 21.4. The lowest BCUT2D eigenvalue weighted by Crippen LogP contribution is -2.52. The van der Waals surface area contributed by atoms with Crippen LogP contribution in [0.5, 0.6) is 0 Å². The summed E-state index contributed by atoms with van der Waals surface area (Å²) in [6, 6.07) is 10.2. The molecule has 0 bridgehead atoms. The largest absolute Gasteiger partial charge is 0.380 e. The molecule has 0 amide bonds. The zero-order valence-corrected chi connectivity index (χ0v) is 18.2. The molecule has 0 radical (unpaired) electrons. The van der Waals surface area contributed by atoms with Crippen LogP contribution in [0, 0.1) is 0 Å². The van der Waals surface area contributed by atoms with Crippen LogP contribution in [-0.4, -0.2) is 61.2 Å². The van der Waals surface area contributed by atoms with E-state index in [0.29, 0.717) is 6.61 Å². The molecule has 146 valence electrons. The summed E-state index contributed by atoms with van der Waals surface area (Å²) in [4.78, 5) is 17.6. The number of methoxy groups -OCH3 is 1. The maximum absolute atomic E-state index is 5.29. The van der Waals surface area contributed by atoms with Crippen molar-refractivity contribution in [1.29, 1.82) is 0 Å². The third-order valence-electron chi connectivity index (χ3n) is 4.48. The quantitative estimate of drug-likeness (QED) is 0.401. The second-order valence-corrected chi connectivity index (χ2v) is 6.13. The van der Waals surface area contributed by atoms with Gasteiger partial charge in [-0.2, -0.15) is 0 Å². The summed E-state index contributed by atoms with van der Waals surface area (Å²) >= 11 is 0. The smallest absolute Gasteiger partial charge is 0.225 e. The fraction of sp³-hybridized carbons (Fsp3) is 0.421. The molecule has 1 saturated heterocycles. The monoisotopic (exact) mass is 482 g/mol. The van der Waals surface area contributed by atoms with Gasteiger partial charge in [0.2, 0.25) is 5.95 Å². The first-order valence-corrected chi connectivity index (χ1v) is 8.85. The fourth-order valence-electron chi connectivity index (χ4n) is 3.11. The number of anilines is 1. The van der Waals surface area contributed by atoms with Crippen LogP contribution in [0.1, 0.15) is 11.1 Å². The van der Waals surface area contributed by atoms with Gasteiger partial charge in [-0.05, 0) is 17.2 Å². The van der Waals surface area contributed by atoms with Crippen LogP contribution < -0.4 is 10.2 Å². The zero-order valence-electron chi connectivity index (χ0n) is 15.8. The van der Waals surface area contributed by atoms with Crippen molar-refractivity contribution >= 4 is 35.9 Å². The van der Waals surface area contributed by atoms with Crippen LogP contribution in [0.2, 0.25) is 0 Å². The minimum absolute atomic E-state index is 0. The Kier molecular flexibility index (Phi) is 8.73. The third kappa shape index (κ3) is 5.77. The number of rotatable bonds is 5. The minimum Gasteiger partial charge on any atom is -0.380 e. The zero-order chi connectivity index (χ0) is 18.2. The molecule has 1 aromatic carbocycles. The van der Waals surface area contributed by atoms with E-state index in [1.807, 2.05) is 19.2 Å². The third-order valence-corrected chi connectivity index (χ3v) is 4.48. The molecular formula is C19H27IN6O. The van der Waals surface area contributed by atoms with Crippen molar-refractivity contribution in [1.82, 2.24) is 20.2 Å². The number of hydrogen-bond donors (Lipinski definition) is 1. The molecule has 3 rings (SSSR count). The normalized spacial score (nSPS) is 14.7. The molecule has 0 atom stereocenters. The lowest BCUT2D eigenvalue weighted by atomic mass is 10.1.